The maximum atomic E-state index is 12.7. The average Bonchev–Trinajstić information content (AvgIpc) is 2.96. The first kappa shape index (κ1) is 18.3. The van der Waals surface area contributed by atoms with Gasteiger partial charge in [-0.1, -0.05) is 51.1 Å². The van der Waals surface area contributed by atoms with Gasteiger partial charge in [-0.2, -0.15) is 0 Å². The SMILES string of the molecule is CC(C)(C)C(NC(=O)OCc1ccccc1)C(=O)N1CCC(N)C1. The van der Waals surface area contributed by atoms with Gasteiger partial charge in [0.2, 0.25) is 5.91 Å². The van der Waals surface area contributed by atoms with Gasteiger partial charge in [0.15, 0.2) is 0 Å². The van der Waals surface area contributed by atoms with E-state index in [1.165, 1.54) is 0 Å². The van der Waals surface area contributed by atoms with Gasteiger partial charge in [-0.05, 0) is 17.4 Å². The van der Waals surface area contributed by atoms with Crippen molar-refractivity contribution in [3.8, 4) is 0 Å². The van der Waals surface area contributed by atoms with Crippen LogP contribution in [0.2, 0.25) is 0 Å². The van der Waals surface area contributed by atoms with E-state index in [0.717, 1.165) is 12.0 Å². The average molecular weight is 333 g/mol. The molecular weight excluding hydrogens is 306 g/mol. The van der Waals surface area contributed by atoms with Crippen molar-refractivity contribution in [3.63, 3.8) is 0 Å². The fourth-order valence-electron chi connectivity index (χ4n) is 2.70. The number of nitrogens with zero attached hydrogens (tertiary/aromatic N) is 1. The second-order valence-corrected chi connectivity index (χ2v) is 7.34. The van der Waals surface area contributed by atoms with Gasteiger partial charge in [-0.15, -0.1) is 0 Å². The minimum atomic E-state index is -0.647. The molecule has 1 aromatic carbocycles. The van der Waals surface area contributed by atoms with Crippen molar-refractivity contribution in [2.75, 3.05) is 13.1 Å². The lowest BCUT2D eigenvalue weighted by atomic mass is 9.86. The Kier molecular flexibility index (Phi) is 5.83. The van der Waals surface area contributed by atoms with Crippen LogP contribution in [0.1, 0.15) is 32.8 Å². The van der Waals surface area contributed by atoms with Crippen LogP contribution in [0, 0.1) is 5.41 Å². The highest BCUT2D eigenvalue weighted by Crippen LogP contribution is 2.23. The highest BCUT2D eigenvalue weighted by atomic mass is 16.5. The van der Waals surface area contributed by atoms with Crippen molar-refractivity contribution in [2.24, 2.45) is 11.1 Å². The minimum Gasteiger partial charge on any atom is -0.445 e. The van der Waals surface area contributed by atoms with Crippen LogP contribution in [0.25, 0.3) is 0 Å². The lowest BCUT2D eigenvalue weighted by molar-refractivity contribution is -0.135. The Hall–Kier alpha value is -2.08. The van der Waals surface area contributed by atoms with E-state index in [4.69, 9.17) is 10.5 Å². The van der Waals surface area contributed by atoms with E-state index in [2.05, 4.69) is 5.32 Å². The Morgan fingerprint density at radius 2 is 2.00 bits per heavy atom. The van der Waals surface area contributed by atoms with Crippen molar-refractivity contribution < 1.29 is 14.3 Å². The molecule has 1 heterocycles. The summed E-state index contributed by atoms with van der Waals surface area (Å²) in [6.45, 7) is 7.10. The highest BCUT2D eigenvalue weighted by molar-refractivity contribution is 5.86. The van der Waals surface area contributed by atoms with E-state index in [0.29, 0.717) is 13.1 Å². The van der Waals surface area contributed by atoms with Gasteiger partial charge in [-0.3, -0.25) is 4.79 Å². The van der Waals surface area contributed by atoms with Gasteiger partial charge in [0.05, 0.1) is 0 Å². The second-order valence-electron chi connectivity index (χ2n) is 7.34. The molecule has 0 aromatic heterocycles. The smallest absolute Gasteiger partial charge is 0.408 e. The van der Waals surface area contributed by atoms with E-state index < -0.39 is 17.6 Å². The summed E-state index contributed by atoms with van der Waals surface area (Å²) in [5, 5.41) is 2.73. The predicted molar refractivity (Wildman–Crippen MR) is 92.2 cm³/mol. The van der Waals surface area contributed by atoms with Crippen LogP contribution >= 0.6 is 0 Å². The quantitative estimate of drug-likeness (QED) is 0.881. The fraction of sp³-hybridized carbons (Fsp3) is 0.556. The third-order valence-electron chi connectivity index (χ3n) is 4.12. The number of carbonyl (C=O) groups is 2. The lowest BCUT2D eigenvalue weighted by Gasteiger charge is -2.33. The predicted octanol–water partition coefficient (Wildman–Crippen LogP) is 1.89. The summed E-state index contributed by atoms with van der Waals surface area (Å²) < 4.78 is 5.24. The number of amides is 2. The highest BCUT2D eigenvalue weighted by Gasteiger charge is 2.37. The molecule has 0 saturated carbocycles. The summed E-state index contributed by atoms with van der Waals surface area (Å²) in [5.74, 6) is -0.105. The molecule has 2 unspecified atom stereocenters. The Morgan fingerprint density at radius 1 is 1.33 bits per heavy atom. The molecule has 1 fully saturated rings. The molecule has 2 rings (SSSR count). The van der Waals surface area contributed by atoms with E-state index in [1.807, 2.05) is 51.1 Å². The van der Waals surface area contributed by atoms with Crippen LogP contribution in [0.3, 0.4) is 0 Å². The normalized spacial score (nSPS) is 19.0. The summed E-state index contributed by atoms with van der Waals surface area (Å²) in [7, 11) is 0. The lowest BCUT2D eigenvalue weighted by Crippen LogP contribution is -2.54. The zero-order valence-corrected chi connectivity index (χ0v) is 14.6. The maximum absolute atomic E-state index is 12.7. The van der Waals surface area contributed by atoms with E-state index in [-0.39, 0.29) is 18.6 Å². The number of nitrogens with two attached hydrogens (primary N) is 1. The molecule has 24 heavy (non-hydrogen) atoms. The zero-order chi connectivity index (χ0) is 17.7. The number of hydrogen-bond donors (Lipinski definition) is 2. The molecule has 6 heteroatoms. The van der Waals surface area contributed by atoms with Gasteiger partial charge < -0.3 is 20.7 Å². The van der Waals surface area contributed by atoms with Crippen LogP contribution in [-0.2, 0) is 16.1 Å². The van der Waals surface area contributed by atoms with E-state index >= 15 is 0 Å². The number of hydrogen-bond acceptors (Lipinski definition) is 4. The molecule has 1 aromatic rings. The van der Waals surface area contributed by atoms with Crippen LogP contribution in [0.5, 0.6) is 0 Å². The number of carbonyl (C=O) groups excluding carboxylic acids is 2. The molecule has 0 radical (unpaired) electrons. The van der Waals surface area contributed by atoms with E-state index in [9.17, 15) is 9.59 Å². The first-order valence-electron chi connectivity index (χ1n) is 8.29. The monoisotopic (exact) mass is 333 g/mol. The van der Waals surface area contributed by atoms with Crippen molar-refractivity contribution in [1.29, 1.82) is 0 Å². The molecule has 132 valence electrons. The van der Waals surface area contributed by atoms with Gasteiger partial charge >= 0.3 is 6.09 Å². The Labute approximate surface area is 143 Å². The molecule has 2 atom stereocenters. The molecule has 0 spiro atoms. The summed E-state index contributed by atoms with van der Waals surface area (Å²) >= 11 is 0. The van der Waals surface area contributed by atoms with Crippen molar-refractivity contribution in [1.82, 2.24) is 10.2 Å². The van der Waals surface area contributed by atoms with Crippen molar-refractivity contribution in [3.05, 3.63) is 35.9 Å². The number of ether oxygens (including phenoxy) is 1. The molecular formula is C18H27N3O3. The number of likely N-dealkylation sites (tertiary alicyclic amines) is 1. The Balaban J connectivity index is 1.95. The molecule has 2 amide bonds. The summed E-state index contributed by atoms with van der Waals surface area (Å²) in [6.07, 6.45) is 0.205. The minimum absolute atomic E-state index is 0.0135. The van der Waals surface area contributed by atoms with Crippen LogP contribution < -0.4 is 11.1 Å². The molecule has 6 nitrogen and oxygen atoms in total. The first-order chi connectivity index (χ1) is 11.3. The van der Waals surface area contributed by atoms with Gasteiger partial charge in [0.1, 0.15) is 12.6 Å². The van der Waals surface area contributed by atoms with Crippen LogP contribution in [-0.4, -0.2) is 42.1 Å². The molecule has 0 bridgehead atoms. The topological polar surface area (TPSA) is 84.7 Å². The van der Waals surface area contributed by atoms with Crippen molar-refractivity contribution >= 4 is 12.0 Å². The number of nitrogens with one attached hydrogen (secondary N) is 1. The Morgan fingerprint density at radius 3 is 2.54 bits per heavy atom. The number of rotatable bonds is 4. The maximum Gasteiger partial charge on any atom is 0.408 e. The van der Waals surface area contributed by atoms with E-state index in [1.54, 1.807) is 4.90 Å². The van der Waals surface area contributed by atoms with Crippen molar-refractivity contribution in [2.45, 2.75) is 45.9 Å². The third-order valence-corrected chi connectivity index (χ3v) is 4.12. The molecule has 1 aliphatic rings. The Bertz CT molecular complexity index is 569. The second kappa shape index (κ2) is 7.66. The van der Waals surface area contributed by atoms with Crippen LogP contribution in [0.4, 0.5) is 4.79 Å². The third kappa shape index (κ3) is 4.96. The molecule has 1 saturated heterocycles. The molecule has 3 N–H and O–H groups in total. The first-order valence-corrected chi connectivity index (χ1v) is 8.29. The standard InChI is InChI=1S/C18H27N3O3/c1-18(2,3)15(16(22)21-10-9-14(19)11-21)20-17(23)24-12-13-7-5-4-6-8-13/h4-8,14-15H,9-12,19H2,1-3H3,(H,20,23). The number of benzene rings is 1. The van der Waals surface area contributed by atoms with Gasteiger partial charge in [-0.25, -0.2) is 4.79 Å². The van der Waals surface area contributed by atoms with Gasteiger partial charge in [0.25, 0.3) is 0 Å². The van der Waals surface area contributed by atoms with Crippen LogP contribution in [0.15, 0.2) is 30.3 Å². The summed E-state index contributed by atoms with van der Waals surface area (Å²) in [6, 6.07) is 8.80. The summed E-state index contributed by atoms with van der Waals surface area (Å²) in [5.41, 5.74) is 6.36. The molecule has 1 aliphatic heterocycles. The van der Waals surface area contributed by atoms with Gasteiger partial charge in [0, 0.05) is 19.1 Å². The summed E-state index contributed by atoms with van der Waals surface area (Å²) in [4.78, 5) is 26.6. The number of alkyl carbamates (subject to hydrolysis) is 1. The zero-order valence-electron chi connectivity index (χ0n) is 14.6. The molecule has 0 aliphatic carbocycles. The fourth-order valence-corrected chi connectivity index (χ4v) is 2.70. The largest absolute Gasteiger partial charge is 0.445 e.